The number of amides is 2. The molecule has 1 aromatic carbocycles. The van der Waals surface area contributed by atoms with E-state index in [4.69, 9.17) is 16.3 Å². The van der Waals surface area contributed by atoms with Crippen molar-refractivity contribution in [1.82, 2.24) is 19.8 Å². The molecule has 2 aromatic rings. The predicted octanol–water partition coefficient (Wildman–Crippen LogP) is 2.29. The monoisotopic (exact) mass is 394 g/mol. The van der Waals surface area contributed by atoms with E-state index in [9.17, 15) is 9.59 Å². The van der Waals surface area contributed by atoms with Crippen LogP contribution in [0.5, 0.6) is 5.75 Å². The summed E-state index contributed by atoms with van der Waals surface area (Å²) in [6.07, 6.45) is 1.62. The summed E-state index contributed by atoms with van der Waals surface area (Å²) in [5.41, 5.74) is 1.57. The molecule has 1 aliphatic heterocycles. The second kappa shape index (κ2) is 8.46. The fourth-order valence-corrected chi connectivity index (χ4v) is 3.53. The van der Waals surface area contributed by atoms with Crippen LogP contribution in [0.4, 0.5) is 0 Å². The maximum atomic E-state index is 12.3. The van der Waals surface area contributed by atoms with Gasteiger partial charge in [0.05, 0.1) is 5.69 Å². The number of nitrogens with zero attached hydrogens (tertiary/aromatic N) is 3. The van der Waals surface area contributed by atoms with Crippen molar-refractivity contribution in [2.24, 2.45) is 0 Å². The number of fused-ring (bicyclic) bond motifs is 1. The summed E-state index contributed by atoms with van der Waals surface area (Å²) in [6, 6.07) is 5.29. The number of rotatable bonds is 6. The van der Waals surface area contributed by atoms with Crippen molar-refractivity contribution >= 4 is 34.9 Å². The van der Waals surface area contributed by atoms with E-state index in [2.05, 4.69) is 14.9 Å². The Morgan fingerprint density at radius 1 is 1.46 bits per heavy atom. The van der Waals surface area contributed by atoms with Crippen molar-refractivity contribution in [3.8, 4) is 5.75 Å². The summed E-state index contributed by atoms with van der Waals surface area (Å²) in [6.45, 7) is 3.12. The van der Waals surface area contributed by atoms with Crippen LogP contribution in [-0.2, 0) is 17.8 Å². The molecular formula is C17H19ClN4O3S. The molecule has 7 nitrogen and oxygen atoms in total. The molecule has 138 valence electrons. The maximum absolute atomic E-state index is 12.3. The van der Waals surface area contributed by atoms with Gasteiger partial charge in [-0.25, -0.2) is 0 Å². The minimum atomic E-state index is -0.203. The normalized spacial score (nSPS) is 13.8. The highest BCUT2D eigenvalue weighted by Gasteiger charge is 2.22. The van der Waals surface area contributed by atoms with Gasteiger partial charge in [-0.15, -0.1) is 5.10 Å². The third-order valence-corrected chi connectivity index (χ3v) is 5.01. The zero-order valence-corrected chi connectivity index (χ0v) is 15.9. The number of aromatic nitrogens is 2. The number of ether oxygens (including phenoxy) is 1. The molecule has 2 heterocycles. The van der Waals surface area contributed by atoms with Crippen LogP contribution in [0.15, 0.2) is 18.2 Å². The molecule has 1 N–H and O–H groups in total. The molecule has 1 aliphatic rings. The van der Waals surface area contributed by atoms with Gasteiger partial charge in [-0.2, -0.15) is 0 Å². The van der Waals surface area contributed by atoms with E-state index in [-0.39, 0.29) is 18.4 Å². The minimum Gasteiger partial charge on any atom is -0.483 e. The summed E-state index contributed by atoms with van der Waals surface area (Å²) in [5.74, 6) is 0.331. The highest BCUT2D eigenvalue weighted by molar-refractivity contribution is 7.08. The minimum absolute atomic E-state index is 0.0258. The van der Waals surface area contributed by atoms with Crippen molar-refractivity contribution in [2.75, 3.05) is 19.7 Å². The molecule has 0 bridgehead atoms. The van der Waals surface area contributed by atoms with Crippen molar-refractivity contribution in [1.29, 1.82) is 0 Å². The van der Waals surface area contributed by atoms with Gasteiger partial charge in [-0.1, -0.05) is 29.4 Å². The van der Waals surface area contributed by atoms with Crippen molar-refractivity contribution in [2.45, 2.75) is 26.3 Å². The lowest BCUT2D eigenvalue weighted by Gasteiger charge is -2.20. The predicted molar refractivity (Wildman–Crippen MR) is 98.6 cm³/mol. The molecule has 0 radical (unpaired) electrons. The van der Waals surface area contributed by atoms with Crippen molar-refractivity contribution < 1.29 is 14.3 Å². The summed E-state index contributed by atoms with van der Waals surface area (Å²) >= 11 is 7.12. The molecule has 0 unspecified atom stereocenters. The van der Waals surface area contributed by atoms with E-state index < -0.39 is 0 Å². The molecule has 0 aliphatic carbocycles. The van der Waals surface area contributed by atoms with E-state index in [1.165, 1.54) is 0 Å². The number of aryl methyl sites for hydroxylation is 1. The van der Waals surface area contributed by atoms with Gasteiger partial charge < -0.3 is 15.0 Å². The SMILES string of the molecule is CCCc1nnsc1C(=O)NCCN1Cc2cc(Cl)ccc2OCC1=O. The molecule has 1 aromatic heterocycles. The lowest BCUT2D eigenvalue weighted by Crippen LogP contribution is -2.39. The Bertz CT molecular complexity index is 811. The zero-order chi connectivity index (χ0) is 18.5. The number of hydrogen-bond acceptors (Lipinski definition) is 6. The molecule has 26 heavy (non-hydrogen) atoms. The molecule has 0 saturated carbocycles. The highest BCUT2D eigenvalue weighted by atomic mass is 35.5. The molecule has 9 heteroatoms. The van der Waals surface area contributed by atoms with E-state index in [1.807, 2.05) is 6.92 Å². The Labute approximate surface area is 160 Å². The van der Waals surface area contributed by atoms with E-state index in [0.717, 1.165) is 35.6 Å². The lowest BCUT2D eigenvalue weighted by molar-refractivity contribution is -0.133. The van der Waals surface area contributed by atoms with E-state index in [1.54, 1.807) is 23.1 Å². The number of halogens is 1. The van der Waals surface area contributed by atoms with Gasteiger partial charge in [0, 0.05) is 30.2 Å². The van der Waals surface area contributed by atoms with Gasteiger partial charge in [0.15, 0.2) is 6.61 Å². The second-order valence-corrected chi connectivity index (χ2v) is 7.10. The van der Waals surface area contributed by atoms with Gasteiger partial charge in [0.1, 0.15) is 10.6 Å². The van der Waals surface area contributed by atoms with Crippen LogP contribution in [0.3, 0.4) is 0 Å². The van der Waals surface area contributed by atoms with Gasteiger partial charge >= 0.3 is 0 Å². The quantitative estimate of drug-likeness (QED) is 0.812. The lowest BCUT2D eigenvalue weighted by atomic mass is 10.2. The Morgan fingerprint density at radius 2 is 2.31 bits per heavy atom. The average molecular weight is 395 g/mol. The smallest absolute Gasteiger partial charge is 0.265 e. The number of carbonyl (C=O) groups is 2. The first-order valence-corrected chi connectivity index (χ1v) is 9.52. The van der Waals surface area contributed by atoms with Crippen LogP contribution in [0, 0.1) is 0 Å². The van der Waals surface area contributed by atoms with Crippen LogP contribution in [0.1, 0.15) is 34.3 Å². The van der Waals surface area contributed by atoms with Crippen molar-refractivity contribution in [3.63, 3.8) is 0 Å². The second-order valence-electron chi connectivity index (χ2n) is 5.91. The van der Waals surface area contributed by atoms with Crippen molar-refractivity contribution in [3.05, 3.63) is 39.4 Å². The number of hydrogen-bond donors (Lipinski definition) is 1. The highest BCUT2D eigenvalue weighted by Crippen LogP contribution is 2.26. The van der Waals surface area contributed by atoms with Gasteiger partial charge in [-0.05, 0) is 36.2 Å². The zero-order valence-electron chi connectivity index (χ0n) is 14.3. The van der Waals surface area contributed by atoms with Gasteiger partial charge in [0.2, 0.25) is 0 Å². The molecule has 0 saturated heterocycles. The summed E-state index contributed by atoms with van der Waals surface area (Å²) in [5, 5.41) is 7.43. The number of carbonyl (C=O) groups excluding carboxylic acids is 2. The standard InChI is InChI=1S/C17H19ClN4O3S/c1-2-3-13-16(26-21-20-13)17(24)19-6-7-22-9-11-8-12(18)4-5-14(11)25-10-15(22)23/h4-5,8H,2-3,6-7,9-10H2,1H3,(H,19,24). The Hall–Kier alpha value is -2.19. The van der Waals surface area contributed by atoms with Crippen LogP contribution < -0.4 is 10.1 Å². The molecular weight excluding hydrogens is 376 g/mol. The van der Waals surface area contributed by atoms with Gasteiger partial charge in [-0.3, -0.25) is 9.59 Å². The third kappa shape index (κ3) is 4.31. The van der Waals surface area contributed by atoms with Crippen LogP contribution >= 0.6 is 23.1 Å². The van der Waals surface area contributed by atoms with Crippen LogP contribution in [0.2, 0.25) is 5.02 Å². The van der Waals surface area contributed by atoms with Gasteiger partial charge in [0.25, 0.3) is 11.8 Å². The number of nitrogens with one attached hydrogen (secondary N) is 1. The Kier molecular flexibility index (Phi) is 6.05. The molecule has 3 rings (SSSR count). The molecule has 0 fully saturated rings. The summed E-state index contributed by atoms with van der Waals surface area (Å²) < 4.78 is 9.38. The fraction of sp³-hybridized carbons (Fsp3) is 0.412. The molecule has 0 atom stereocenters. The summed E-state index contributed by atoms with van der Waals surface area (Å²) in [4.78, 5) is 26.7. The molecule has 2 amide bonds. The fourth-order valence-electron chi connectivity index (χ4n) is 2.71. The van der Waals surface area contributed by atoms with E-state index in [0.29, 0.717) is 35.3 Å². The average Bonchev–Trinajstić information content (AvgIpc) is 3.02. The van der Waals surface area contributed by atoms with E-state index >= 15 is 0 Å². The molecule has 0 spiro atoms. The Morgan fingerprint density at radius 3 is 3.12 bits per heavy atom. The topological polar surface area (TPSA) is 84.4 Å². The first-order chi connectivity index (χ1) is 12.6. The van der Waals surface area contributed by atoms with Crippen LogP contribution in [-0.4, -0.2) is 46.0 Å². The summed E-state index contributed by atoms with van der Waals surface area (Å²) in [7, 11) is 0. The Balaban J connectivity index is 1.59. The number of benzene rings is 1. The third-order valence-electron chi connectivity index (χ3n) is 4.00. The maximum Gasteiger partial charge on any atom is 0.265 e. The largest absolute Gasteiger partial charge is 0.483 e. The first kappa shape index (κ1) is 18.6. The van der Waals surface area contributed by atoms with Crippen LogP contribution in [0.25, 0.3) is 0 Å². The first-order valence-electron chi connectivity index (χ1n) is 8.37.